The maximum absolute atomic E-state index is 13.6. The van der Waals surface area contributed by atoms with Gasteiger partial charge in [-0.05, 0) is 58.4 Å². The van der Waals surface area contributed by atoms with Gasteiger partial charge in [0.25, 0.3) is 0 Å². The number of hydrogen-bond acceptors (Lipinski definition) is 7. The topological polar surface area (TPSA) is 94.4 Å². The Kier molecular flexibility index (Phi) is 7.24. The molecule has 0 aromatic heterocycles. The molecule has 0 fully saturated rings. The monoisotopic (exact) mass is 475 g/mol. The van der Waals surface area contributed by atoms with Crippen LogP contribution >= 0.6 is 0 Å². The molecule has 1 amide bonds. The van der Waals surface area contributed by atoms with Crippen molar-refractivity contribution >= 4 is 29.9 Å². The molecule has 0 saturated heterocycles. The van der Waals surface area contributed by atoms with E-state index < -0.39 is 41.0 Å². The molecule has 34 heavy (non-hydrogen) atoms. The first-order valence-corrected chi connectivity index (χ1v) is 11.6. The number of methoxy groups -OCH3 is 1. The van der Waals surface area contributed by atoms with Crippen LogP contribution in [0.25, 0.3) is 0 Å². The van der Waals surface area contributed by atoms with E-state index in [-0.39, 0.29) is 13.2 Å². The average Bonchev–Trinajstić information content (AvgIpc) is 3.26. The zero-order chi connectivity index (χ0) is 25.3. The van der Waals surface area contributed by atoms with Crippen LogP contribution in [0.3, 0.4) is 0 Å². The first kappa shape index (κ1) is 25.5. The number of carbonyl (C=O) groups excluding carboxylic acids is 3. The van der Waals surface area contributed by atoms with E-state index in [2.05, 4.69) is 0 Å². The number of benzene rings is 1. The van der Waals surface area contributed by atoms with E-state index in [1.807, 2.05) is 23.9 Å². The molecule has 2 atom stereocenters. The first-order valence-electron chi connectivity index (χ1n) is 11.6. The molecular formula is C25H35N2O7+. The third-order valence-corrected chi connectivity index (χ3v) is 6.09. The zero-order valence-corrected chi connectivity index (χ0v) is 21.0. The Hall–Kier alpha value is -3.10. The van der Waals surface area contributed by atoms with Crippen molar-refractivity contribution in [2.45, 2.75) is 58.1 Å². The molecule has 0 saturated carbocycles. The van der Waals surface area contributed by atoms with Crippen LogP contribution in [-0.4, -0.2) is 74.4 Å². The minimum atomic E-state index is -1.37. The number of rotatable bonds is 6. The number of amides is 1. The highest BCUT2D eigenvalue weighted by atomic mass is 16.6. The smallest absolute Gasteiger partial charge is 0.415 e. The summed E-state index contributed by atoms with van der Waals surface area (Å²) in [4.78, 5) is 41.5. The van der Waals surface area contributed by atoms with Gasteiger partial charge in [-0.3, -0.25) is 14.5 Å². The van der Waals surface area contributed by atoms with Gasteiger partial charge in [-0.1, -0.05) is 0 Å². The summed E-state index contributed by atoms with van der Waals surface area (Å²) in [5.41, 5.74) is -0.292. The van der Waals surface area contributed by atoms with Crippen LogP contribution in [0, 0.1) is 5.92 Å². The first-order chi connectivity index (χ1) is 16.0. The fraction of sp³-hybridized carbons (Fsp3) is 0.600. The number of hydrogen-bond donors (Lipinski definition) is 0. The van der Waals surface area contributed by atoms with Crippen molar-refractivity contribution in [3.8, 4) is 5.75 Å². The molecule has 0 N–H and O–H groups in total. The van der Waals surface area contributed by atoms with Crippen molar-refractivity contribution in [3.63, 3.8) is 0 Å². The SMILES string of the molecule is CCOC(=O)C(C(=O)OCC)[C@@H]1N(C(=O)OC(C)(C)C)c2ccc(OC)cc2[C@]12C=[N+](C)CC2. The maximum atomic E-state index is 13.6. The molecule has 9 nitrogen and oxygen atoms in total. The van der Waals surface area contributed by atoms with Gasteiger partial charge in [-0.15, -0.1) is 0 Å². The van der Waals surface area contributed by atoms with Gasteiger partial charge in [0.2, 0.25) is 0 Å². The van der Waals surface area contributed by atoms with E-state index >= 15 is 0 Å². The normalized spacial score (nSPS) is 21.4. The lowest BCUT2D eigenvalue weighted by molar-refractivity contribution is -0.484. The van der Waals surface area contributed by atoms with Crippen molar-refractivity contribution in [1.82, 2.24) is 0 Å². The second kappa shape index (κ2) is 9.64. The fourth-order valence-corrected chi connectivity index (χ4v) is 4.86. The number of fused-ring (bicyclic) bond motifs is 2. The number of nitrogens with zero attached hydrogens (tertiary/aromatic N) is 2. The maximum Gasteiger partial charge on any atom is 0.415 e. The lowest BCUT2D eigenvalue weighted by Gasteiger charge is -2.36. The van der Waals surface area contributed by atoms with Crippen LogP contribution in [0.5, 0.6) is 5.75 Å². The molecule has 3 rings (SSSR count). The van der Waals surface area contributed by atoms with Gasteiger partial charge in [0, 0.05) is 6.42 Å². The summed E-state index contributed by atoms with van der Waals surface area (Å²) < 4.78 is 23.8. The minimum absolute atomic E-state index is 0.0886. The fourth-order valence-electron chi connectivity index (χ4n) is 4.86. The Morgan fingerprint density at radius 1 is 1.15 bits per heavy atom. The van der Waals surface area contributed by atoms with Crippen molar-refractivity contribution in [3.05, 3.63) is 23.8 Å². The van der Waals surface area contributed by atoms with Gasteiger partial charge < -0.3 is 18.9 Å². The van der Waals surface area contributed by atoms with Gasteiger partial charge in [-0.2, -0.15) is 0 Å². The van der Waals surface area contributed by atoms with Crippen LogP contribution in [0.1, 0.15) is 46.6 Å². The van der Waals surface area contributed by atoms with Gasteiger partial charge >= 0.3 is 18.0 Å². The van der Waals surface area contributed by atoms with Crippen molar-refractivity contribution in [2.24, 2.45) is 5.92 Å². The van der Waals surface area contributed by atoms with Crippen LogP contribution in [0.2, 0.25) is 0 Å². The predicted molar refractivity (Wildman–Crippen MR) is 126 cm³/mol. The van der Waals surface area contributed by atoms with Crippen LogP contribution in [0.15, 0.2) is 18.2 Å². The van der Waals surface area contributed by atoms with Crippen molar-refractivity contribution in [2.75, 3.05) is 38.8 Å². The summed E-state index contributed by atoms with van der Waals surface area (Å²) in [6.07, 6.45) is 1.90. The summed E-state index contributed by atoms with van der Waals surface area (Å²) in [6, 6.07) is 4.43. The molecule has 0 aliphatic carbocycles. The molecule has 1 aromatic carbocycles. The number of carbonyl (C=O) groups is 3. The van der Waals surface area contributed by atoms with Crippen LogP contribution < -0.4 is 9.64 Å². The molecular weight excluding hydrogens is 440 g/mol. The number of ether oxygens (including phenoxy) is 4. The lowest BCUT2D eigenvalue weighted by Crippen LogP contribution is -2.57. The van der Waals surface area contributed by atoms with Crippen LogP contribution in [0.4, 0.5) is 10.5 Å². The molecule has 2 heterocycles. The van der Waals surface area contributed by atoms with Gasteiger partial charge in [0.15, 0.2) is 12.1 Å². The Morgan fingerprint density at radius 2 is 1.76 bits per heavy atom. The second-order valence-electron chi connectivity index (χ2n) is 9.56. The largest absolute Gasteiger partial charge is 0.497 e. The summed E-state index contributed by atoms with van der Waals surface area (Å²) in [5.74, 6) is -2.23. The molecule has 0 unspecified atom stereocenters. The minimum Gasteiger partial charge on any atom is -0.497 e. The zero-order valence-electron chi connectivity index (χ0n) is 21.0. The summed E-state index contributed by atoms with van der Waals surface area (Å²) in [5, 5.41) is 0. The third-order valence-electron chi connectivity index (χ3n) is 6.09. The molecule has 0 radical (unpaired) electrons. The van der Waals surface area contributed by atoms with Crippen molar-refractivity contribution < 1.29 is 37.9 Å². The van der Waals surface area contributed by atoms with Gasteiger partial charge in [0.05, 0.1) is 32.1 Å². The molecule has 2 aliphatic rings. The molecule has 9 heteroatoms. The van der Waals surface area contributed by atoms with E-state index in [9.17, 15) is 14.4 Å². The van der Waals surface area contributed by atoms with E-state index in [1.54, 1.807) is 53.9 Å². The quantitative estimate of drug-likeness (QED) is 0.270. The Bertz CT molecular complexity index is 979. The molecule has 0 bridgehead atoms. The highest BCUT2D eigenvalue weighted by Crippen LogP contribution is 2.52. The Balaban J connectivity index is 2.29. The van der Waals surface area contributed by atoms with E-state index in [0.29, 0.717) is 24.4 Å². The van der Waals surface area contributed by atoms with E-state index in [4.69, 9.17) is 18.9 Å². The summed E-state index contributed by atoms with van der Waals surface area (Å²) in [6.45, 7) is 9.50. The lowest BCUT2D eigenvalue weighted by atomic mass is 9.71. The number of anilines is 1. The molecule has 1 aromatic rings. The standard InChI is InChI=1S/C25H35N2O7/c1-8-32-21(28)19(22(29)33-9-2)20-25(12-13-26(6)15-25)17-14-16(31-7)10-11-18(17)27(20)23(30)34-24(3,4)5/h10-11,14-15,19-20H,8-9,12-13H2,1-7H3/q+1/t20-,25-/m0/s1. The Morgan fingerprint density at radius 3 is 2.24 bits per heavy atom. The average molecular weight is 476 g/mol. The molecule has 1 spiro atoms. The molecule has 186 valence electrons. The van der Waals surface area contributed by atoms with Gasteiger partial charge in [-0.25, -0.2) is 9.37 Å². The number of esters is 2. The molecule has 2 aliphatic heterocycles. The van der Waals surface area contributed by atoms with Crippen molar-refractivity contribution in [1.29, 1.82) is 0 Å². The van der Waals surface area contributed by atoms with Gasteiger partial charge in [0.1, 0.15) is 30.4 Å². The Labute approximate surface area is 200 Å². The van der Waals surface area contributed by atoms with Crippen LogP contribution in [-0.2, 0) is 29.2 Å². The predicted octanol–water partition coefficient (Wildman–Crippen LogP) is 2.92. The van der Waals surface area contributed by atoms with E-state index in [1.165, 1.54) is 4.90 Å². The highest BCUT2D eigenvalue weighted by Gasteiger charge is 2.63. The second-order valence-corrected chi connectivity index (χ2v) is 9.56. The van der Waals surface area contributed by atoms with E-state index in [0.717, 1.165) is 5.56 Å². The highest BCUT2D eigenvalue weighted by molar-refractivity contribution is 6.04. The summed E-state index contributed by atoms with van der Waals surface area (Å²) in [7, 11) is 3.49. The third kappa shape index (κ3) is 4.60. The summed E-state index contributed by atoms with van der Waals surface area (Å²) >= 11 is 0.